The summed E-state index contributed by atoms with van der Waals surface area (Å²) in [6.45, 7) is 0.896. The molecule has 0 radical (unpaired) electrons. The van der Waals surface area contributed by atoms with E-state index in [0.29, 0.717) is 60.1 Å². The van der Waals surface area contributed by atoms with Crippen LogP contribution in [0.2, 0.25) is 0 Å². The minimum Gasteiger partial charge on any atom is -0.497 e. The second kappa shape index (κ2) is 13.6. The lowest BCUT2D eigenvalue weighted by Gasteiger charge is -2.31. The summed E-state index contributed by atoms with van der Waals surface area (Å²) in [5, 5.41) is 5.30. The molecule has 1 aliphatic rings. The van der Waals surface area contributed by atoms with Crippen molar-refractivity contribution >= 4 is 29.2 Å². The summed E-state index contributed by atoms with van der Waals surface area (Å²) < 4.78 is 10.9. The highest BCUT2D eigenvalue weighted by atomic mass is 16.5. The van der Waals surface area contributed by atoms with Crippen LogP contribution in [0.4, 0.5) is 5.69 Å². The van der Waals surface area contributed by atoms with Crippen LogP contribution >= 0.6 is 0 Å². The molecule has 44 heavy (non-hydrogen) atoms. The molecule has 2 aromatic carbocycles. The van der Waals surface area contributed by atoms with Gasteiger partial charge in [0, 0.05) is 49.4 Å². The fourth-order valence-electron chi connectivity index (χ4n) is 4.81. The molecule has 3 amide bonds. The van der Waals surface area contributed by atoms with E-state index < -0.39 is 5.91 Å². The largest absolute Gasteiger partial charge is 0.497 e. The number of carbonyl (C=O) groups excluding carboxylic acids is 4. The number of piperidine rings is 1. The zero-order valence-corrected chi connectivity index (χ0v) is 24.3. The molecule has 4 aromatic rings. The van der Waals surface area contributed by atoms with Gasteiger partial charge in [0.05, 0.1) is 24.6 Å². The second-order valence-corrected chi connectivity index (χ2v) is 10.1. The lowest BCUT2D eigenvalue weighted by Crippen LogP contribution is -2.40. The quantitative estimate of drug-likeness (QED) is 0.268. The number of nitrogens with one attached hydrogen (secondary N) is 2. The van der Waals surface area contributed by atoms with Crippen LogP contribution in [0, 0.1) is 5.92 Å². The van der Waals surface area contributed by atoms with Gasteiger partial charge >= 0.3 is 0 Å². The maximum Gasteiger partial charge on any atom is 0.272 e. The van der Waals surface area contributed by atoms with Gasteiger partial charge in [0.1, 0.15) is 17.2 Å². The van der Waals surface area contributed by atoms with E-state index in [1.807, 2.05) is 0 Å². The molecule has 0 atom stereocenters. The lowest BCUT2D eigenvalue weighted by atomic mass is 9.88. The number of benzene rings is 2. The Kier molecular flexibility index (Phi) is 9.24. The highest BCUT2D eigenvalue weighted by Crippen LogP contribution is 2.25. The van der Waals surface area contributed by atoms with Crippen LogP contribution in [0.25, 0.3) is 0 Å². The minimum absolute atomic E-state index is 0.0689. The van der Waals surface area contributed by atoms with Crippen LogP contribution in [-0.2, 0) is 0 Å². The Morgan fingerprint density at radius 1 is 0.750 bits per heavy atom. The highest BCUT2D eigenvalue weighted by Gasteiger charge is 2.29. The van der Waals surface area contributed by atoms with Gasteiger partial charge in [-0.15, -0.1) is 0 Å². The summed E-state index contributed by atoms with van der Waals surface area (Å²) in [6, 6.07) is 20.0. The van der Waals surface area contributed by atoms with E-state index in [2.05, 4.69) is 20.6 Å². The molecular weight excluding hydrogens is 562 g/mol. The number of Topliss-reactive ketones (excluding diaryl/α,β-unsaturated/α-hetero) is 1. The second-order valence-electron chi connectivity index (χ2n) is 10.1. The molecular formula is C33H31N5O6. The summed E-state index contributed by atoms with van der Waals surface area (Å²) >= 11 is 0. The molecule has 3 heterocycles. The monoisotopic (exact) mass is 593 g/mol. The zero-order chi connectivity index (χ0) is 31.1. The van der Waals surface area contributed by atoms with Crippen molar-refractivity contribution in [1.82, 2.24) is 20.2 Å². The number of anilines is 1. The van der Waals surface area contributed by atoms with Gasteiger partial charge < -0.3 is 25.0 Å². The molecule has 2 aromatic heterocycles. The normalized spacial score (nSPS) is 13.1. The Balaban J connectivity index is 1.11. The van der Waals surface area contributed by atoms with Gasteiger partial charge in [0.25, 0.3) is 17.7 Å². The molecule has 11 heteroatoms. The maximum atomic E-state index is 13.0. The number of methoxy groups -OCH3 is 1. The first-order valence-corrected chi connectivity index (χ1v) is 14.1. The third-order valence-electron chi connectivity index (χ3n) is 7.33. The van der Waals surface area contributed by atoms with Gasteiger partial charge in [0.2, 0.25) is 5.88 Å². The lowest BCUT2D eigenvalue weighted by molar-refractivity contribution is 0.0645. The third kappa shape index (κ3) is 7.06. The molecule has 0 bridgehead atoms. The van der Waals surface area contributed by atoms with Crippen LogP contribution in [0.1, 0.15) is 54.4 Å². The Morgan fingerprint density at radius 2 is 1.41 bits per heavy atom. The summed E-state index contributed by atoms with van der Waals surface area (Å²) in [4.78, 5) is 60.5. The van der Waals surface area contributed by atoms with Crippen molar-refractivity contribution in [2.45, 2.75) is 12.8 Å². The number of nitrogens with zero attached hydrogens (tertiary/aromatic N) is 3. The number of rotatable bonds is 9. The number of hydrogen-bond acceptors (Lipinski definition) is 8. The average molecular weight is 594 g/mol. The SMILES string of the molecule is CNC(=O)c1ccc(Oc2ccc(NC(=O)c3ccc(C(=O)N4CCC(C(=O)c5ccc(OC)cc5)CC4)nc3)cn2)cc1. The van der Waals surface area contributed by atoms with Crippen molar-refractivity contribution < 1.29 is 28.7 Å². The average Bonchev–Trinajstić information content (AvgIpc) is 3.08. The Bertz CT molecular complexity index is 1630. The number of aromatic nitrogens is 2. The highest BCUT2D eigenvalue weighted by molar-refractivity contribution is 6.04. The number of amides is 3. The zero-order valence-electron chi connectivity index (χ0n) is 24.3. The van der Waals surface area contributed by atoms with E-state index in [4.69, 9.17) is 9.47 Å². The topological polar surface area (TPSA) is 140 Å². The molecule has 0 unspecified atom stereocenters. The summed E-state index contributed by atoms with van der Waals surface area (Å²) in [5.74, 6) is 0.595. The van der Waals surface area contributed by atoms with Gasteiger partial charge in [-0.05, 0) is 79.6 Å². The molecule has 11 nitrogen and oxygen atoms in total. The molecule has 1 fully saturated rings. The first-order valence-electron chi connectivity index (χ1n) is 14.1. The van der Waals surface area contributed by atoms with E-state index in [0.717, 1.165) is 0 Å². The third-order valence-corrected chi connectivity index (χ3v) is 7.33. The predicted octanol–water partition coefficient (Wildman–Crippen LogP) is 4.62. The maximum absolute atomic E-state index is 13.0. The molecule has 5 rings (SSSR count). The molecule has 224 valence electrons. The van der Waals surface area contributed by atoms with E-state index in [9.17, 15) is 19.2 Å². The van der Waals surface area contributed by atoms with Crippen molar-refractivity contribution in [2.24, 2.45) is 5.92 Å². The summed E-state index contributed by atoms with van der Waals surface area (Å²) in [6.07, 6.45) is 3.95. The minimum atomic E-state index is -0.408. The fourth-order valence-corrected chi connectivity index (χ4v) is 4.81. The van der Waals surface area contributed by atoms with Crippen molar-refractivity contribution in [3.05, 3.63) is 108 Å². The van der Waals surface area contributed by atoms with E-state index in [-0.39, 0.29) is 34.8 Å². The molecule has 1 saturated heterocycles. The van der Waals surface area contributed by atoms with Crippen molar-refractivity contribution in [1.29, 1.82) is 0 Å². The van der Waals surface area contributed by atoms with Gasteiger partial charge in [0.15, 0.2) is 5.78 Å². The van der Waals surface area contributed by atoms with E-state index >= 15 is 0 Å². The van der Waals surface area contributed by atoms with E-state index in [1.54, 1.807) is 85.8 Å². The summed E-state index contributed by atoms with van der Waals surface area (Å²) in [5.41, 5.74) is 2.10. The van der Waals surface area contributed by atoms with E-state index in [1.165, 1.54) is 18.5 Å². The van der Waals surface area contributed by atoms with Gasteiger partial charge in [-0.25, -0.2) is 4.98 Å². The van der Waals surface area contributed by atoms with Gasteiger partial charge in [-0.3, -0.25) is 24.2 Å². The van der Waals surface area contributed by atoms with Crippen molar-refractivity contribution in [3.63, 3.8) is 0 Å². The van der Waals surface area contributed by atoms with Crippen LogP contribution in [0.15, 0.2) is 85.2 Å². The molecule has 2 N–H and O–H groups in total. The molecule has 0 saturated carbocycles. The van der Waals surface area contributed by atoms with Crippen LogP contribution in [0.5, 0.6) is 17.4 Å². The van der Waals surface area contributed by atoms with Gasteiger partial charge in [-0.2, -0.15) is 0 Å². The first-order chi connectivity index (χ1) is 21.3. The van der Waals surface area contributed by atoms with Crippen molar-refractivity contribution in [3.8, 4) is 17.4 Å². The number of likely N-dealkylation sites (tertiary alicyclic amines) is 1. The predicted molar refractivity (Wildman–Crippen MR) is 162 cm³/mol. The van der Waals surface area contributed by atoms with Crippen LogP contribution in [-0.4, -0.2) is 65.6 Å². The Morgan fingerprint density at radius 3 is 2.00 bits per heavy atom. The number of ether oxygens (including phenoxy) is 2. The molecule has 0 aliphatic carbocycles. The van der Waals surface area contributed by atoms with Gasteiger partial charge in [-0.1, -0.05) is 0 Å². The Hall–Kier alpha value is -5.58. The number of hydrogen-bond donors (Lipinski definition) is 2. The number of ketones is 1. The van der Waals surface area contributed by atoms with Crippen molar-refractivity contribution in [2.75, 3.05) is 32.6 Å². The first kappa shape index (κ1) is 29.9. The van der Waals surface area contributed by atoms with Crippen LogP contribution < -0.4 is 20.1 Å². The smallest absolute Gasteiger partial charge is 0.272 e. The Labute approximate surface area is 254 Å². The number of carbonyl (C=O) groups is 4. The fraction of sp³-hybridized carbons (Fsp3) is 0.212. The molecule has 0 spiro atoms. The van der Waals surface area contributed by atoms with Crippen LogP contribution in [0.3, 0.4) is 0 Å². The standard InChI is InChI=1S/C33H31N5O6/c1-34-31(40)23-5-11-27(12-6-23)44-29-14-8-25(20-36-29)37-32(41)24-7-13-28(35-19-24)33(42)38-17-15-22(16-18-38)30(39)21-3-9-26(43-2)10-4-21/h3-14,19-20,22H,15-18H2,1-2H3,(H,34,40)(H,37,41). The molecule has 1 aliphatic heterocycles. The summed E-state index contributed by atoms with van der Waals surface area (Å²) in [7, 11) is 3.14. The number of pyridine rings is 2.